The topological polar surface area (TPSA) is 62.2 Å². The molecule has 2 aromatic heterocycles. The molecule has 0 spiro atoms. The van der Waals surface area contributed by atoms with Gasteiger partial charge in [-0.25, -0.2) is 4.98 Å². The van der Waals surface area contributed by atoms with Gasteiger partial charge in [0.1, 0.15) is 5.75 Å². The maximum atomic E-state index is 12.0. The molecule has 0 aliphatic rings. The van der Waals surface area contributed by atoms with Crippen LogP contribution >= 0.6 is 11.3 Å². The zero-order chi connectivity index (χ0) is 13.9. The van der Waals surface area contributed by atoms with Crippen molar-refractivity contribution in [2.75, 3.05) is 6.54 Å². The molecule has 19 heavy (non-hydrogen) atoms. The van der Waals surface area contributed by atoms with Crippen molar-refractivity contribution in [3.05, 3.63) is 46.4 Å². The highest BCUT2D eigenvalue weighted by Gasteiger charge is 2.23. The second-order valence-electron chi connectivity index (χ2n) is 4.91. The minimum Gasteiger partial charge on any atom is -0.505 e. The first-order valence-corrected chi connectivity index (χ1v) is 6.85. The van der Waals surface area contributed by atoms with Crippen molar-refractivity contribution in [1.82, 2.24) is 10.3 Å². The zero-order valence-corrected chi connectivity index (χ0v) is 11.7. The fourth-order valence-corrected chi connectivity index (χ4v) is 2.56. The number of thiophene rings is 1. The summed E-state index contributed by atoms with van der Waals surface area (Å²) in [6.45, 7) is 4.62. The molecule has 0 atom stereocenters. The van der Waals surface area contributed by atoms with Crippen molar-refractivity contribution >= 4 is 17.2 Å². The van der Waals surface area contributed by atoms with E-state index < -0.39 is 0 Å². The molecule has 2 aromatic rings. The Morgan fingerprint density at radius 2 is 2.21 bits per heavy atom. The van der Waals surface area contributed by atoms with Crippen LogP contribution in [0, 0.1) is 0 Å². The number of aromatic hydroxyl groups is 1. The summed E-state index contributed by atoms with van der Waals surface area (Å²) in [6.07, 6.45) is 1.49. The Morgan fingerprint density at radius 1 is 1.42 bits per heavy atom. The summed E-state index contributed by atoms with van der Waals surface area (Å²) in [6, 6.07) is 7.08. The Labute approximate surface area is 116 Å². The summed E-state index contributed by atoms with van der Waals surface area (Å²) >= 11 is 1.66. The van der Waals surface area contributed by atoms with Gasteiger partial charge in [0.25, 0.3) is 5.91 Å². The number of nitrogens with zero attached hydrogens (tertiary/aromatic N) is 1. The number of carbonyl (C=O) groups excluding carboxylic acids is 1. The predicted octanol–water partition coefficient (Wildman–Crippen LogP) is 2.56. The lowest BCUT2D eigenvalue weighted by Crippen LogP contribution is -2.36. The van der Waals surface area contributed by atoms with Crippen molar-refractivity contribution in [1.29, 1.82) is 0 Å². The van der Waals surface area contributed by atoms with Crippen LogP contribution in [0.3, 0.4) is 0 Å². The maximum absolute atomic E-state index is 12.0. The molecule has 2 N–H and O–H groups in total. The number of hydrogen-bond acceptors (Lipinski definition) is 4. The first-order valence-electron chi connectivity index (χ1n) is 5.97. The fourth-order valence-electron chi connectivity index (χ4n) is 1.71. The molecule has 0 saturated heterocycles. The van der Waals surface area contributed by atoms with Crippen LogP contribution in [0.4, 0.5) is 0 Å². The van der Waals surface area contributed by atoms with E-state index in [-0.39, 0.29) is 22.8 Å². The first-order chi connectivity index (χ1) is 9.00. The van der Waals surface area contributed by atoms with Crippen LogP contribution in [-0.4, -0.2) is 22.5 Å². The molecule has 0 radical (unpaired) electrons. The Kier molecular flexibility index (Phi) is 3.85. The standard InChI is InChI=1S/C14H16N2O2S/c1-14(2,11-6-4-8-19-11)9-16-13(18)12-10(17)5-3-7-15-12/h3-8,17H,9H2,1-2H3,(H,16,18). The van der Waals surface area contributed by atoms with Crippen molar-refractivity contribution < 1.29 is 9.90 Å². The third-order valence-corrected chi connectivity index (χ3v) is 4.12. The van der Waals surface area contributed by atoms with Gasteiger partial charge in [0, 0.05) is 23.0 Å². The SMILES string of the molecule is CC(C)(CNC(=O)c1ncccc1O)c1cccs1. The molecule has 5 heteroatoms. The van der Waals surface area contributed by atoms with Gasteiger partial charge in [0.2, 0.25) is 0 Å². The van der Waals surface area contributed by atoms with Crippen molar-refractivity contribution in [2.24, 2.45) is 0 Å². The molecule has 0 aromatic carbocycles. The third-order valence-electron chi connectivity index (χ3n) is 2.88. The van der Waals surface area contributed by atoms with Gasteiger partial charge in [-0.3, -0.25) is 4.79 Å². The molecule has 0 aliphatic heterocycles. The van der Waals surface area contributed by atoms with E-state index in [2.05, 4.69) is 30.2 Å². The van der Waals surface area contributed by atoms with Gasteiger partial charge < -0.3 is 10.4 Å². The van der Waals surface area contributed by atoms with Gasteiger partial charge in [-0.05, 0) is 23.6 Å². The molecule has 0 aliphatic carbocycles. The zero-order valence-electron chi connectivity index (χ0n) is 10.9. The lowest BCUT2D eigenvalue weighted by Gasteiger charge is -2.23. The Bertz CT molecular complexity index is 565. The molecule has 1 amide bonds. The fraction of sp³-hybridized carbons (Fsp3) is 0.286. The summed E-state index contributed by atoms with van der Waals surface area (Å²) in [7, 11) is 0. The summed E-state index contributed by atoms with van der Waals surface area (Å²) in [5.74, 6) is -0.461. The van der Waals surface area contributed by atoms with Gasteiger partial charge in [-0.15, -0.1) is 11.3 Å². The lowest BCUT2D eigenvalue weighted by atomic mass is 9.91. The molecular formula is C14H16N2O2S. The summed E-state index contributed by atoms with van der Waals surface area (Å²) in [5.41, 5.74) is -0.0849. The maximum Gasteiger partial charge on any atom is 0.273 e. The number of carbonyl (C=O) groups is 1. The molecule has 2 rings (SSSR count). The van der Waals surface area contributed by atoms with Gasteiger partial charge in [-0.1, -0.05) is 19.9 Å². The highest BCUT2D eigenvalue weighted by Crippen LogP contribution is 2.26. The van der Waals surface area contributed by atoms with Crippen LogP contribution in [0.2, 0.25) is 0 Å². The molecular weight excluding hydrogens is 260 g/mol. The molecule has 4 nitrogen and oxygen atoms in total. The summed E-state index contributed by atoms with van der Waals surface area (Å²) < 4.78 is 0. The summed E-state index contributed by atoms with van der Waals surface area (Å²) in [5, 5.41) is 14.4. The molecule has 0 fully saturated rings. The van der Waals surface area contributed by atoms with Crippen LogP contribution in [0.1, 0.15) is 29.2 Å². The highest BCUT2D eigenvalue weighted by molar-refractivity contribution is 7.10. The minimum absolute atomic E-state index is 0.0597. The smallest absolute Gasteiger partial charge is 0.273 e. The molecule has 0 unspecified atom stereocenters. The van der Waals surface area contributed by atoms with Gasteiger partial charge in [0.15, 0.2) is 5.69 Å². The van der Waals surface area contributed by atoms with Gasteiger partial charge in [-0.2, -0.15) is 0 Å². The molecule has 0 saturated carbocycles. The molecule has 100 valence electrons. The van der Waals surface area contributed by atoms with E-state index in [0.717, 1.165) is 0 Å². The lowest BCUT2D eigenvalue weighted by molar-refractivity contribution is 0.0938. The Hall–Kier alpha value is -1.88. The third kappa shape index (κ3) is 3.12. The monoisotopic (exact) mass is 276 g/mol. The minimum atomic E-state index is -0.359. The summed E-state index contributed by atoms with van der Waals surface area (Å²) in [4.78, 5) is 17.0. The van der Waals surface area contributed by atoms with E-state index in [9.17, 15) is 9.90 Å². The Morgan fingerprint density at radius 3 is 2.84 bits per heavy atom. The van der Waals surface area contributed by atoms with E-state index in [0.29, 0.717) is 6.54 Å². The quantitative estimate of drug-likeness (QED) is 0.902. The number of aromatic nitrogens is 1. The number of amides is 1. The van der Waals surface area contributed by atoms with Crippen LogP contribution < -0.4 is 5.32 Å². The molecule has 2 heterocycles. The number of hydrogen-bond donors (Lipinski definition) is 2. The van der Waals surface area contributed by atoms with E-state index in [1.54, 1.807) is 17.4 Å². The van der Waals surface area contributed by atoms with Gasteiger partial charge in [0.05, 0.1) is 0 Å². The van der Waals surface area contributed by atoms with Gasteiger partial charge >= 0.3 is 0 Å². The second-order valence-corrected chi connectivity index (χ2v) is 5.86. The average Bonchev–Trinajstić information content (AvgIpc) is 2.91. The first kappa shape index (κ1) is 13.5. The largest absolute Gasteiger partial charge is 0.505 e. The van der Waals surface area contributed by atoms with E-state index >= 15 is 0 Å². The highest BCUT2D eigenvalue weighted by atomic mass is 32.1. The molecule has 0 bridgehead atoms. The number of pyridine rings is 1. The van der Waals surface area contributed by atoms with Crippen LogP contribution in [-0.2, 0) is 5.41 Å². The van der Waals surface area contributed by atoms with Crippen molar-refractivity contribution in [3.8, 4) is 5.75 Å². The van der Waals surface area contributed by atoms with Crippen molar-refractivity contribution in [3.63, 3.8) is 0 Å². The Balaban J connectivity index is 2.03. The van der Waals surface area contributed by atoms with E-state index in [4.69, 9.17) is 0 Å². The normalized spacial score (nSPS) is 11.3. The predicted molar refractivity (Wildman–Crippen MR) is 75.6 cm³/mol. The number of rotatable bonds is 4. The van der Waals surface area contributed by atoms with Crippen molar-refractivity contribution in [2.45, 2.75) is 19.3 Å². The van der Waals surface area contributed by atoms with E-state index in [1.165, 1.54) is 17.1 Å². The second kappa shape index (κ2) is 5.40. The van der Waals surface area contributed by atoms with Crippen LogP contribution in [0.25, 0.3) is 0 Å². The van der Waals surface area contributed by atoms with E-state index in [1.807, 2.05) is 11.4 Å². The average molecular weight is 276 g/mol. The number of nitrogens with one attached hydrogen (secondary N) is 1. The van der Waals surface area contributed by atoms with Crippen LogP contribution in [0.15, 0.2) is 35.8 Å². The van der Waals surface area contributed by atoms with Crippen LogP contribution in [0.5, 0.6) is 5.75 Å².